The minimum Gasteiger partial charge on any atom is -0.357 e. The molecule has 1 aromatic heterocycles. The Morgan fingerprint density at radius 2 is 2.00 bits per heavy atom. The predicted octanol–water partition coefficient (Wildman–Crippen LogP) is 4.05. The van der Waals surface area contributed by atoms with Gasteiger partial charge in [-0.2, -0.15) is 0 Å². The standard InChI is InChI=1S/C22H33FN6.HI/c1-3-20-28-27-17-29(20)14-13-25-21(24-4-2)26-16-22(11-6-5-7-12-22)18-9-8-10-19(23)15-18;/h8-10,15,17H,3-7,11-14,16H2,1-2H3,(H2,24,25,26);1H. The fourth-order valence-corrected chi connectivity index (χ4v) is 4.19. The average molecular weight is 528 g/mol. The van der Waals surface area contributed by atoms with Gasteiger partial charge in [0.15, 0.2) is 5.96 Å². The number of aryl methyl sites for hydroxylation is 1. The van der Waals surface area contributed by atoms with Crippen LogP contribution in [0.3, 0.4) is 0 Å². The monoisotopic (exact) mass is 528 g/mol. The molecule has 2 N–H and O–H groups in total. The summed E-state index contributed by atoms with van der Waals surface area (Å²) >= 11 is 0. The number of aliphatic imine (C=N–C) groups is 1. The molecule has 1 heterocycles. The van der Waals surface area contributed by atoms with Gasteiger partial charge in [-0.05, 0) is 37.5 Å². The molecule has 30 heavy (non-hydrogen) atoms. The molecule has 1 aliphatic rings. The normalized spacial score (nSPS) is 16.0. The number of aromatic nitrogens is 3. The third-order valence-electron chi connectivity index (χ3n) is 5.79. The minimum absolute atomic E-state index is 0. The van der Waals surface area contributed by atoms with E-state index in [-0.39, 0.29) is 35.2 Å². The zero-order valence-corrected chi connectivity index (χ0v) is 20.4. The molecule has 1 aromatic carbocycles. The third-order valence-corrected chi connectivity index (χ3v) is 5.79. The zero-order chi connectivity index (χ0) is 20.5. The molecule has 0 aliphatic heterocycles. The predicted molar refractivity (Wildman–Crippen MR) is 130 cm³/mol. The number of nitrogens with zero attached hydrogens (tertiary/aromatic N) is 4. The van der Waals surface area contributed by atoms with Gasteiger partial charge in [0.25, 0.3) is 0 Å². The van der Waals surface area contributed by atoms with Crippen molar-refractivity contribution in [1.82, 2.24) is 25.4 Å². The highest BCUT2D eigenvalue weighted by Gasteiger charge is 2.34. The second-order valence-corrected chi connectivity index (χ2v) is 7.77. The molecule has 1 aliphatic carbocycles. The zero-order valence-electron chi connectivity index (χ0n) is 18.0. The van der Waals surface area contributed by atoms with Gasteiger partial charge in [0.05, 0.1) is 6.54 Å². The fraction of sp³-hybridized carbons (Fsp3) is 0.591. The Balaban J connectivity index is 0.00000320. The van der Waals surface area contributed by atoms with E-state index in [1.54, 1.807) is 12.4 Å². The number of nitrogens with one attached hydrogen (secondary N) is 2. The van der Waals surface area contributed by atoms with Crippen molar-refractivity contribution in [1.29, 1.82) is 0 Å². The molecule has 0 amide bonds. The number of guanidine groups is 1. The second kappa shape index (κ2) is 12.2. The summed E-state index contributed by atoms with van der Waals surface area (Å²) in [5, 5.41) is 14.9. The van der Waals surface area contributed by atoms with Crippen LogP contribution in [0.1, 0.15) is 57.3 Å². The van der Waals surface area contributed by atoms with E-state index >= 15 is 0 Å². The lowest BCUT2D eigenvalue weighted by molar-refractivity contribution is 0.300. The number of hydrogen-bond donors (Lipinski definition) is 2. The molecular weight excluding hydrogens is 494 g/mol. The van der Waals surface area contributed by atoms with Crippen LogP contribution in [0.5, 0.6) is 0 Å². The van der Waals surface area contributed by atoms with Gasteiger partial charge in [-0.25, -0.2) is 4.39 Å². The lowest BCUT2D eigenvalue weighted by Gasteiger charge is -2.37. The molecule has 166 valence electrons. The number of rotatable bonds is 8. The van der Waals surface area contributed by atoms with Crippen LogP contribution in [-0.4, -0.2) is 40.4 Å². The van der Waals surface area contributed by atoms with Gasteiger partial charge in [-0.3, -0.25) is 4.99 Å². The van der Waals surface area contributed by atoms with Crippen molar-refractivity contribution in [3.63, 3.8) is 0 Å². The molecule has 8 heteroatoms. The Bertz CT molecular complexity index is 800. The summed E-state index contributed by atoms with van der Waals surface area (Å²) in [6.45, 7) is 7.13. The average Bonchev–Trinajstić information content (AvgIpc) is 3.20. The summed E-state index contributed by atoms with van der Waals surface area (Å²) in [5.41, 5.74) is 1.00. The molecule has 1 saturated carbocycles. The summed E-state index contributed by atoms with van der Waals surface area (Å²) in [6, 6.07) is 7.09. The van der Waals surface area contributed by atoms with E-state index in [1.165, 1.54) is 25.3 Å². The Labute approximate surface area is 196 Å². The van der Waals surface area contributed by atoms with Gasteiger partial charge < -0.3 is 15.2 Å². The fourth-order valence-electron chi connectivity index (χ4n) is 4.19. The Kier molecular flexibility index (Phi) is 10.0. The first-order valence-electron chi connectivity index (χ1n) is 10.8. The van der Waals surface area contributed by atoms with Gasteiger partial charge in [0.1, 0.15) is 18.0 Å². The van der Waals surface area contributed by atoms with Crippen molar-refractivity contribution in [3.05, 3.63) is 47.8 Å². The van der Waals surface area contributed by atoms with E-state index in [9.17, 15) is 4.39 Å². The van der Waals surface area contributed by atoms with Crippen molar-refractivity contribution in [2.75, 3.05) is 19.6 Å². The van der Waals surface area contributed by atoms with Crippen molar-refractivity contribution in [3.8, 4) is 0 Å². The number of benzene rings is 1. The highest BCUT2D eigenvalue weighted by atomic mass is 127. The van der Waals surface area contributed by atoms with E-state index in [1.807, 2.05) is 6.07 Å². The van der Waals surface area contributed by atoms with Gasteiger partial charge in [-0.15, -0.1) is 34.2 Å². The smallest absolute Gasteiger partial charge is 0.191 e. The summed E-state index contributed by atoms with van der Waals surface area (Å²) in [7, 11) is 0. The van der Waals surface area contributed by atoms with E-state index < -0.39 is 0 Å². The topological polar surface area (TPSA) is 67.1 Å². The van der Waals surface area contributed by atoms with Crippen molar-refractivity contribution >= 4 is 29.9 Å². The van der Waals surface area contributed by atoms with E-state index in [4.69, 9.17) is 4.99 Å². The maximum atomic E-state index is 13.9. The molecule has 0 bridgehead atoms. The third kappa shape index (κ3) is 6.39. The molecule has 6 nitrogen and oxygen atoms in total. The van der Waals surface area contributed by atoms with Crippen LogP contribution in [0, 0.1) is 5.82 Å². The lowest BCUT2D eigenvalue weighted by Crippen LogP contribution is -2.41. The summed E-state index contributed by atoms with van der Waals surface area (Å²) < 4.78 is 16.0. The van der Waals surface area contributed by atoms with Crippen LogP contribution in [-0.2, 0) is 18.4 Å². The van der Waals surface area contributed by atoms with Gasteiger partial charge in [0.2, 0.25) is 0 Å². The van der Waals surface area contributed by atoms with E-state index in [2.05, 4.69) is 45.3 Å². The van der Waals surface area contributed by atoms with Crippen molar-refractivity contribution in [2.45, 2.75) is 64.3 Å². The molecule has 0 radical (unpaired) electrons. The van der Waals surface area contributed by atoms with Crippen molar-refractivity contribution < 1.29 is 4.39 Å². The largest absolute Gasteiger partial charge is 0.357 e. The van der Waals surface area contributed by atoms with E-state index in [0.29, 0.717) is 6.54 Å². The SMILES string of the molecule is CCNC(=NCC1(c2cccc(F)c2)CCCCC1)NCCn1cnnc1CC.I. The van der Waals surface area contributed by atoms with Crippen LogP contribution >= 0.6 is 24.0 Å². The molecule has 2 aromatic rings. The quantitative estimate of drug-likeness (QED) is 0.308. The molecule has 3 rings (SSSR count). The first-order valence-corrected chi connectivity index (χ1v) is 10.8. The van der Waals surface area contributed by atoms with Crippen LogP contribution in [0.4, 0.5) is 4.39 Å². The molecular formula is C22H34FIN6. The maximum Gasteiger partial charge on any atom is 0.191 e. The summed E-state index contributed by atoms with van der Waals surface area (Å²) in [6.07, 6.45) is 8.33. The Morgan fingerprint density at radius 1 is 1.20 bits per heavy atom. The second-order valence-electron chi connectivity index (χ2n) is 7.77. The summed E-state index contributed by atoms with van der Waals surface area (Å²) in [4.78, 5) is 4.91. The minimum atomic E-state index is -0.165. The molecule has 1 fully saturated rings. The molecule has 0 saturated heterocycles. The van der Waals surface area contributed by atoms with Crippen LogP contribution in [0.15, 0.2) is 35.6 Å². The van der Waals surface area contributed by atoms with E-state index in [0.717, 1.165) is 56.2 Å². The van der Waals surface area contributed by atoms with Gasteiger partial charge in [-0.1, -0.05) is 38.3 Å². The first kappa shape index (κ1) is 24.6. The molecule has 0 spiro atoms. The first-order chi connectivity index (χ1) is 14.2. The lowest BCUT2D eigenvalue weighted by atomic mass is 9.69. The summed E-state index contributed by atoms with van der Waals surface area (Å²) in [5.74, 6) is 1.63. The number of hydrogen-bond acceptors (Lipinski definition) is 3. The molecule has 0 atom stereocenters. The van der Waals surface area contributed by atoms with Gasteiger partial charge >= 0.3 is 0 Å². The molecule has 0 unspecified atom stereocenters. The maximum absolute atomic E-state index is 13.9. The van der Waals surface area contributed by atoms with Crippen molar-refractivity contribution in [2.24, 2.45) is 4.99 Å². The van der Waals surface area contributed by atoms with Crippen LogP contribution in [0.25, 0.3) is 0 Å². The Morgan fingerprint density at radius 3 is 2.70 bits per heavy atom. The van der Waals surface area contributed by atoms with Crippen LogP contribution < -0.4 is 10.6 Å². The highest BCUT2D eigenvalue weighted by molar-refractivity contribution is 14.0. The van der Waals surface area contributed by atoms with Crippen LogP contribution in [0.2, 0.25) is 0 Å². The Hall–Kier alpha value is -1.71. The highest BCUT2D eigenvalue weighted by Crippen LogP contribution is 2.40. The van der Waals surface area contributed by atoms with Gasteiger partial charge in [0, 0.05) is 31.5 Å². The number of halogens is 2.